The van der Waals surface area contributed by atoms with Crippen molar-refractivity contribution < 1.29 is 19.1 Å². The molecule has 154 valence electrons. The number of hydrogen-bond acceptors (Lipinski definition) is 6. The first kappa shape index (κ1) is 21.1. The van der Waals surface area contributed by atoms with Gasteiger partial charge in [0.15, 0.2) is 0 Å². The Labute approximate surface area is 175 Å². The third-order valence-electron chi connectivity index (χ3n) is 4.79. The molecule has 3 aromatic rings. The van der Waals surface area contributed by atoms with E-state index in [0.29, 0.717) is 36.8 Å². The molecule has 7 nitrogen and oxygen atoms in total. The average molecular weight is 405 g/mol. The van der Waals surface area contributed by atoms with E-state index in [2.05, 4.69) is 16.0 Å². The van der Waals surface area contributed by atoms with Crippen LogP contribution in [0.1, 0.15) is 41.5 Å². The Hall–Kier alpha value is -3.66. The van der Waals surface area contributed by atoms with Gasteiger partial charge in [0, 0.05) is 30.7 Å². The topological polar surface area (TPSA) is 109 Å². The average Bonchev–Trinajstić information content (AvgIpc) is 3.13. The first-order chi connectivity index (χ1) is 14.5. The molecule has 0 spiro atoms. The Morgan fingerprint density at radius 3 is 2.67 bits per heavy atom. The fourth-order valence-electron chi connectivity index (χ4n) is 3.10. The van der Waals surface area contributed by atoms with Crippen molar-refractivity contribution in [2.24, 2.45) is 0 Å². The van der Waals surface area contributed by atoms with Crippen molar-refractivity contribution >= 4 is 5.97 Å². The number of benzene rings is 1. The second kappa shape index (κ2) is 9.70. The van der Waals surface area contributed by atoms with Crippen molar-refractivity contribution in [3.63, 3.8) is 0 Å². The number of ether oxygens (including phenoxy) is 1. The van der Waals surface area contributed by atoms with E-state index in [1.54, 1.807) is 18.3 Å². The molecule has 30 heavy (non-hydrogen) atoms. The van der Waals surface area contributed by atoms with E-state index < -0.39 is 5.97 Å². The summed E-state index contributed by atoms with van der Waals surface area (Å²) < 4.78 is 11.6. The second-order valence-electron chi connectivity index (χ2n) is 6.85. The normalized spacial score (nSPS) is 10.6. The number of oxazole rings is 1. The molecule has 0 fully saturated rings. The van der Waals surface area contributed by atoms with E-state index >= 15 is 0 Å². The lowest BCUT2D eigenvalue weighted by Crippen LogP contribution is -2.06. The van der Waals surface area contributed by atoms with E-state index in [1.165, 1.54) is 0 Å². The first-order valence-corrected chi connectivity index (χ1v) is 9.79. The summed E-state index contributed by atoms with van der Waals surface area (Å²) in [5, 5.41) is 17.8. The standard InChI is InChI=1S/C23H23N3O4/c1-3-17-12-21(25-14-19(17)8-9-22(27)28)29-11-10-20-15(2)30-23(26-20)18-6-4-16(13-24)5-7-18/h4-7,12,14H,3,8-11H2,1-2H3,(H,27,28). The maximum Gasteiger partial charge on any atom is 0.303 e. The number of aliphatic carboxylic acids is 1. The summed E-state index contributed by atoms with van der Waals surface area (Å²) in [4.78, 5) is 19.6. The highest BCUT2D eigenvalue weighted by atomic mass is 16.5. The summed E-state index contributed by atoms with van der Waals surface area (Å²) in [6, 6.07) is 11.0. The summed E-state index contributed by atoms with van der Waals surface area (Å²) in [7, 11) is 0. The molecule has 3 rings (SSSR count). The number of carboxylic acid groups (broad SMARTS) is 1. The highest BCUT2D eigenvalue weighted by Gasteiger charge is 2.12. The number of rotatable bonds is 9. The molecule has 0 saturated heterocycles. The van der Waals surface area contributed by atoms with Gasteiger partial charge in [0.1, 0.15) is 5.76 Å². The Morgan fingerprint density at radius 1 is 1.23 bits per heavy atom. The Balaban J connectivity index is 1.61. The lowest BCUT2D eigenvalue weighted by molar-refractivity contribution is -0.136. The lowest BCUT2D eigenvalue weighted by Gasteiger charge is -2.10. The molecule has 0 aliphatic carbocycles. The van der Waals surface area contributed by atoms with Crippen LogP contribution in [0.25, 0.3) is 11.5 Å². The van der Waals surface area contributed by atoms with Crippen LogP contribution in [0.3, 0.4) is 0 Å². The summed E-state index contributed by atoms with van der Waals surface area (Å²) in [6.07, 6.45) is 3.59. The van der Waals surface area contributed by atoms with Crippen molar-refractivity contribution in [1.82, 2.24) is 9.97 Å². The molecule has 1 aromatic carbocycles. The van der Waals surface area contributed by atoms with Crippen LogP contribution < -0.4 is 4.74 Å². The number of aromatic nitrogens is 2. The lowest BCUT2D eigenvalue weighted by atomic mass is 10.0. The van der Waals surface area contributed by atoms with Gasteiger partial charge in [0.05, 0.1) is 23.9 Å². The number of carboxylic acids is 1. The van der Waals surface area contributed by atoms with Gasteiger partial charge in [-0.3, -0.25) is 4.79 Å². The molecule has 2 aromatic heterocycles. The zero-order chi connectivity index (χ0) is 21.5. The largest absolute Gasteiger partial charge is 0.481 e. The van der Waals surface area contributed by atoms with Crippen molar-refractivity contribution in [2.75, 3.05) is 6.61 Å². The van der Waals surface area contributed by atoms with Gasteiger partial charge in [-0.25, -0.2) is 9.97 Å². The number of aryl methyl sites for hydroxylation is 3. The number of nitriles is 1. The molecule has 0 unspecified atom stereocenters. The van der Waals surface area contributed by atoms with E-state index in [-0.39, 0.29) is 6.42 Å². The molecule has 0 atom stereocenters. The molecule has 0 saturated carbocycles. The maximum atomic E-state index is 10.8. The van der Waals surface area contributed by atoms with Crippen molar-refractivity contribution in [3.8, 4) is 23.4 Å². The van der Waals surface area contributed by atoms with Gasteiger partial charge in [-0.05, 0) is 55.2 Å². The van der Waals surface area contributed by atoms with Crippen molar-refractivity contribution in [1.29, 1.82) is 5.26 Å². The van der Waals surface area contributed by atoms with E-state index in [9.17, 15) is 4.79 Å². The van der Waals surface area contributed by atoms with Crippen LogP contribution >= 0.6 is 0 Å². The number of nitrogens with zero attached hydrogens (tertiary/aromatic N) is 3. The van der Waals surface area contributed by atoms with Gasteiger partial charge < -0.3 is 14.3 Å². The molecular weight excluding hydrogens is 382 g/mol. The van der Waals surface area contributed by atoms with E-state index in [1.807, 2.05) is 32.0 Å². The van der Waals surface area contributed by atoms with Gasteiger partial charge in [-0.15, -0.1) is 0 Å². The van der Waals surface area contributed by atoms with Gasteiger partial charge in [0.2, 0.25) is 11.8 Å². The highest BCUT2D eigenvalue weighted by Crippen LogP contribution is 2.23. The fraction of sp³-hybridized carbons (Fsp3) is 0.304. The van der Waals surface area contributed by atoms with Crippen LogP contribution in [-0.4, -0.2) is 27.7 Å². The minimum Gasteiger partial charge on any atom is -0.481 e. The molecule has 0 bridgehead atoms. The molecule has 7 heteroatoms. The van der Waals surface area contributed by atoms with Crippen LogP contribution in [0.15, 0.2) is 40.9 Å². The molecule has 0 aliphatic heterocycles. The second-order valence-corrected chi connectivity index (χ2v) is 6.85. The predicted octanol–water partition coefficient (Wildman–Crippen LogP) is 4.12. The Bertz CT molecular complexity index is 1070. The van der Waals surface area contributed by atoms with Gasteiger partial charge in [-0.1, -0.05) is 6.92 Å². The number of carbonyl (C=O) groups is 1. The van der Waals surface area contributed by atoms with Crippen molar-refractivity contribution in [3.05, 3.63) is 64.7 Å². The summed E-state index contributed by atoms with van der Waals surface area (Å²) in [5.74, 6) is 0.936. The zero-order valence-electron chi connectivity index (χ0n) is 17.0. The zero-order valence-corrected chi connectivity index (χ0v) is 17.0. The maximum absolute atomic E-state index is 10.8. The van der Waals surface area contributed by atoms with Crippen LogP contribution in [0, 0.1) is 18.3 Å². The summed E-state index contributed by atoms with van der Waals surface area (Å²) in [5.41, 5.74) is 4.19. The van der Waals surface area contributed by atoms with Gasteiger partial charge in [0.25, 0.3) is 0 Å². The Morgan fingerprint density at radius 2 is 2.00 bits per heavy atom. The molecule has 0 amide bonds. The monoisotopic (exact) mass is 405 g/mol. The third kappa shape index (κ3) is 5.23. The van der Waals surface area contributed by atoms with Crippen molar-refractivity contribution in [2.45, 2.75) is 39.5 Å². The van der Waals surface area contributed by atoms with Crippen LogP contribution in [0.4, 0.5) is 0 Å². The smallest absolute Gasteiger partial charge is 0.303 e. The van der Waals surface area contributed by atoms with Crippen LogP contribution in [0.2, 0.25) is 0 Å². The third-order valence-corrected chi connectivity index (χ3v) is 4.79. The molecular formula is C23H23N3O4. The molecule has 2 heterocycles. The summed E-state index contributed by atoms with van der Waals surface area (Å²) >= 11 is 0. The van der Waals surface area contributed by atoms with Crippen LogP contribution in [-0.2, 0) is 24.1 Å². The fourth-order valence-corrected chi connectivity index (χ4v) is 3.10. The minimum atomic E-state index is -0.819. The highest BCUT2D eigenvalue weighted by molar-refractivity contribution is 5.67. The van der Waals surface area contributed by atoms with Gasteiger partial charge in [-0.2, -0.15) is 5.26 Å². The molecule has 0 aliphatic rings. The molecule has 1 N–H and O–H groups in total. The quantitative estimate of drug-likeness (QED) is 0.570. The molecule has 0 radical (unpaired) electrons. The van der Waals surface area contributed by atoms with Gasteiger partial charge >= 0.3 is 5.97 Å². The Kier molecular flexibility index (Phi) is 6.81. The van der Waals surface area contributed by atoms with E-state index in [0.717, 1.165) is 34.6 Å². The van der Waals surface area contributed by atoms with Crippen LogP contribution in [0.5, 0.6) is 5.88 Å². The summed E-state index contributed by atoms with van der Waals surface area (Å²) in [6.45, 7) is 4.28. The SMILES string of the molecule is CCc1cc(OCCc2nc(-c3ccc(C#N)cc3)oc2C)ncc1CCC(=O)O. The first-order valence-electron chi connectivity index (χ1n) is 9.79. The minimum absolute atomic E-state index is 0.0852. The number of hydrogen-bond donors (Lipinski definition) is 1. The predicted molar refractivity (Wildman–Crippen MR) is 110 cm³/mol. The number of pyridine rings is 1. The van der Waals surface area contributed by atoms with E-state index in [4.69, 9.17) is 19.5 Å².